The highest BCUT2D eigenvalue weighted by Gasteiger charge is 2.18. The van der Waals surface area contributed by atoms with Gasteiger partial charge in [0.2, 0.25) is 0 Å². The Kier molecular flexibility index (Phi) is 5.99. The van der Waals surface area contributed by atoms with Crippen molar-refractivity contribution in [3.05, 3.63) is 35.6 Å². The molecule has 20 heavy (non-hydrogen) atoms. The van der Waals surface area contributed by atoms with Crippen molar-refractivity contribution in [1.82, 2.24) is 10.2 Å². The molecule has 0 aromatic heterocycles. The van der Waals surface area contributed by atoms with Crippen molar-refractivity contribution < 1.29 is 4.39 Å². The molecule has 3 heteroatoms. The van der Waals surface area contributed by atoms with Gasteiger partial charge in [0.15, 0.2) is 0 Å². The topological polar surface area (TPSA) is 15.3 Å². The Balaban J connectivity index is 1.67. The van der Waals surface area contributed by atoms with E-state index in [2.05, 4.69) is 24.2 Å². The van der Waals surface area contributed by atoms with Crippen molar-refractivity contribution in [3.63, 3.8) is 0 Å². The van der Waals surface area contributed by atoms with Crippen molar-refractivity contribution >= 4 is 0 Å². The Hall–Kier alpha value is -0.930. The molecule has 1 fully saturated rings. The monoisotopic (exact) mass is 278 g/mol. The van der Waals surface area contributed by atoms with Gasteiger partial charge in [-0.25, -0.2) is 4.39 Å². The molecule has 0 radical (unpaired) electrons. The fraction of sp³-hybridized carbons (Fsp3) is 0.647. The molecule has 2 rings (SSSR count). The number of likely N-dealkylation sites (tertiary alicyclic amines) is 1. The van der Waals surface area contributed by atoms with E-state index in [-0.39, 0.29) is 5.82 Å². The summed E-state index contributed by atoms with van der Waals surface area (Å²) in [7, 11) is 2.24. The Bertz CT molecular complexity index is 390. The SMILES string of the molecule is CC(Cc1ccc(F)cc1)NCCC1CCCCN1C. The van der Waals surface area contributed by atoms with E-state index in [4.69, 9.17) is 0 Å². The summed E-state index contributed by atoms with van der Waals surface area (Å²) in [6, 6.07) is 8.02. The summed E-state index contributed by atoms with van der Waals surface area (Å²) >= 11 is 0. The summed E-state index contributed by atoms with van der Waals surface area (Å²) in [6.07, 6.45) is 6.25. The highest BCUT2D eigenvalue weighted by molar-refractivity contribution is 5.16. The van der Waals surface area contributed by atoms with E-state index in [1.165, 1.54) is 37.8 Å². The van der Waals surface area contributed by atoms with Gasteiger partial charge in [0.05, 0.1) is 0 Å². The lowest BCUT2D eigenvalue weighted by atomic mass is 10.00. The first-order valence-electron chi connectivity index (χ1n) is 7.83. The van der Waals surface area contributed by atoms with Gasteiger partial charge in [-0.05, 0) is 70.4 Å². The minimum Gasteiger partial charge on any atom is -0.314 e. The summed E-state index contributed by atoms with van der Waals surface area (Å²) in [5.74, 6) is -0.158. The number of rotatable bonds is 6. The average Bonchev–Trinajstić information content (AvgIpc) is 2.43. The molecule has 1 saturated heterocycles. The van der Waals surface area contributed by atoms with Gasteiger partial charge in [-0.15, -0.1) is 0 Å². The van der Waals surface area contributed by atoms with Crippen molar-refractivity contribution in [2.45, 2.75) is 51.1 Å². The van der Waals surface area contributed by atoms with Gasteiger partial charge in [-0.1, -0.05) is 18.6 Å². The van der Waals surface area contributed by atoms with Crippen LogP contribution in [0.5, 0.6) is 0 Å². The summed E-state index contributed by atoms with van der Waals surface area (Å²) in [5.41, 5.74) is 1.20. The second-order valence-electron chi connectivity index (χ2n) is 6.10. The Labute approximate surface area is 122 Å². The van der Waals surface area contributed by atoms with Crippen molar-refractivity contribution in [1.29, 1.82) is 0 Å². The lowest BCUT2D eigenvalue weighted by molar-refractivity contribution is 0.174. The third-order valence-corrected chi connectivity index (χ3v) is 4.35. The van der Waals surface area contributed by atoms with Crippen LogP contribution in [0.1, 0.15) is 38.2 Å². The van der Waals surface area contributed by atoms with Gasteiger partial charge >= 0.3 is 0 Å². The van der Waals surface area contributed by atoms with Gasteiger partial charge in [0.1, 0.15) is 5.82 Å². The summed E-state index contributed by atoms with van der Waals surface area (Å²) in [6.45, 7) is 4.51. The summed E-state index contributed by atoms with van der Waals surface area (Å²) in [5, 5.41) is 3.59. The predicted octanol–water partition coefficient (Wildman–Crippen LogP) is 3.22. The quantitative estimate of drug-likeness (QED) is 0.859. The summed E-state index contributed by atoms with van der Waals surface area (Å²) in [4.78, 5) is 2.50. The Morgan fingerprint density at radius 2 is 2.05 bits per heavy atom. The molecule has 0 aliphatic carbocycles. The van der Waals surface area contributed by atoms with Crippen LogP contribution in [0.25, 0.3) is 0 Å². The molecule has 0 bridgehead atoms. The Morgan fingerprint density at radius 1 is 1.30 bits per heavy atom. The molecule has 1 N–H and O–H groups in total. The van der Waals surface area contributed by atoms with Crippen LogP contribution < -0.4 is 5.32 Å². The number of halogens is 1. The molecule has 2 atom stereocenters. The first-order valence-corrected chi connectivity index (χ1v) is 7.83. The van der Waals surface area contributed by atoms with Crippen LogP contribution in [-0.2, 0) is 6.42 Å². The van der Waals surface area contributed by atoms with Gasteiger partial charge in [-0.3, -0.25) is 0 Å². The van der Waals surface area contributed by atoms with Crippen LogP contribution in [0.15, 0.2) is 24.3 Å². The van der Waals surface area contributed by atoms with Crippen LogP contribution in [0.4, 0.5) is 4.39 Å². The fourth-order valence-corrected chi connectivity index (χ4v) is 3.05. The Morgan fingerprint density at radius 3 is 2.75 bits per heavy atom. The van der Waals surface area contributed by atoms with Gasteiger partial charge < -0.3 is 10.2 Å². The maximum Gasteiger partial charge on any atom is 0.123 e. The molecule has 0 saturated carbocycles. The van der Waals surface area contributed by atoms with Crippen LogP contribution in [0, 0.1) is 5.82 Å². The molecule has 1 aliphatic rings. The number of hydrogen-bond donors (Lipinski definition) is 1. The molecule has 2 nitrogen and oxygen atoms in total. The number of nitrogens with zero attached hydrogens (tertiary/aromatic N) is 1. The van der Waals surface area contributed by atoms with E-state index < -0.39 is 0 Å². The maximum atomic E-state index is 12.8. The third kappa shape index (κ3) is 4.88. The smallest absolute Gasteiger partial charge is 0.123 e. The van der Waals surface area contributed by atoms with Gasteiger partial charge in [0, 0.05) is 12.1 Å². The highest BCUT2D eigenvalue weighted by atomic mass is 19.1. The molecule has 1 aliphatic heterocycles. The zero-order valence-corrected chi connectivity index (χ0v) is 12.7. The standard InChI is InChI=1S/C17H27FN2/c1-14(13-15-6-8-16(18)9-7-15)19-11-10-17-5-3-4-12-20(17)2/h6-9,14,17,19H,3-5,10-13H2,1-2H3. The van der Waals surface area contributed by atoms with Crippen molar-refractivity contribution in [3.8, 4) is 0 Å². The first-order chi connectivity index (χ1) is 9.65. The van der Waals surface area contributed by atoms with Crippen LogP contribution in [-0.4, -0.2) is 37.1 Å². The van der Waals surface area contributed by atoms with E-state index in [9.17, 15) is 4.39 Å². The van der Waals surface area contributed by atoms with Crippen LogP contribution in [0.2, 0.25) is 0 Å². The molecule has 1 aromatic rings. The lowest BCUT2D eigenvalue weighted by Gasteiger charge is -2.32. The number of nitrogens with one attached hydrogen (secondary N) is 1. The number of piperidine rings is 1. The van der Waals surface area contributed by atoms with Crippen LogP contribution >= 0.6 is 0 Å². The predicted molar refractivity (Wildman–Crippen MR) is 82.5 cm³/mol. The second kappa shape index (κ2) is 7.75. The second-order valence-corrected chi connectivity index (χ2v) is 6.10. The zero-order valence-electron chi connectivity index (χ0n) is 12.7. The molecular weight excluding hydrogens is 251 g/mol. The minimum absolute atomic E-state index is 0.158. The largest absolute Gasteiger partial charge is 0.314 e. The highest BCUT2D eigenvalue weighted by Crippen LogP contribution is 2.17. The molecule has 112 valence electrons. The number of hydrogen-bond acceptors (Lipinski definition) is 2. The maximum absolute atomic E-state index is 12.8. The van der Waals surface area contributed by atoms with E-state index in [1.54, 1.807) is 12.1 Å². The van der Waals surface area contributed by atoms with E-state index in [0.29, 0.717) is 6.04 Å². The van der Waals surface area contributed by atoms with Crippen molar-refractivity contribution in [2.24, 2.45) is 0 Å². The first kappa shape index (κ1) is 15.5. The normalized spacial score (nSPS) is 21.9. The summed E-state index contributed by atoms with van der Waals surface area (Å²) < 4.78 is 12.8. The van der Waals surface area contributed by atoms with E-state index >= 15 is 0 Å². The average molecular weight is 278 g/mol. The lowest BCUT2D eigenvalue weighted by Crippen LogP contribution is -2.39. The molecule has 0 spiro atoms. The number of benzene rings is 1. The fourth-order valence-electron chi connectivity index (χ4n) is 3.05. The zero-order chi connectivity index (χ0) is 14.4. The molecular formula is C17H27FN2. The van der Waals surface area contributed by atoms with Gasteiger partial charge in [-0.2, -0.15) is 0 Å². The van der Waals surface area contributed by atoms with Crippen molar-refractivity contribution in [2.75, 3.05) is 20.1 Å². The van der Waals surface area contributed by atoms with E-state index in [1.807, 2.05) is 12.1 Å². The molecule has 2 unspecified atom stereocenters. The van der Waals surface area contributed by atoms with Gasteiger partial charge in [0.25, 0.3) is 0 Å². The molecule has 1 aromatic carbocycles. The van der Waals surface area contributed by atoms with E-state index in [0.717, 1.165) is 19.0 Å². The minimum atomic E-state index is -0.158. The molecule has 0 amide bonds. The molecule has 1 heterocycles. The van der Waals surface area contributed by atoms with Crippen LogP contribution in [0.3, 0.4) is 0 Å². The third-order valence-electron chi connectivity index (χ3n) is 4.35.